The second kappa shape index (κ2) is 7.35. The normalized spacial score (nSPS) is 18.3. The predicted octanol–water partition coefficient (Wildman–Crippen LogP) is 2.46. The number of ketones is 1. The van der Waals surface area contributed by atoms with Gasteiger partial charge in [-0.3, -0.25) is 19.3 Å². The number of urea groups is 1. The molecule has 2 fully saturated rings. The molecule has 2 aliphatic rings. The third-order valence-electron chi connectivity index (χ3n) is 5.78. The number of imide groups is 1. The van der Waals surface area contributed by atoms with Crippen LogP contribution in [0.15, 0.2) is 24.3 Å². The van der Waals surface area contributed by atoms with Crippen molar-refractivity contribution in [1.82, 2.24) is 15.2 Å². The molecule has 0 radical (unpaired) electrons. The first-order chi connectivity index (χ1) is 13.9. The van der Waals surface area contributed by atoms with Crippen LogP contribution in [0.2, 0.25) is 0 Å². The lowest BCUT2D eigenvalue weighted by Gasteiger charge is -2.30. The van der Waals surface area contributed by atoms with Crippen molar-refractivity contribution in [3.63, 3.8) is 0 Å². The van der Waals surface area contributed by atoms with Crippen LogP contribution in [0.25, 0.3) is 10.9 Å². The van der Waals surface area contributed by atoms with Crippen molar-refractivity contribution < 1.29 is 23.9 Å². The highest BCUT2D eigenvalue weighted by Crippen LogP contribution is 2.33. The van der Waals surface area contributed by atoms with Crippen LogP contribution in [-0.4, -0.2) is 52.3 Å². The van der Waals surface area contributed by atoms with Crippen molar-refractivity contribution in [1.29, 1.82) is 0 Å². The van der Waals surface area contributed by atoms with Gasteiger partial charge in [-0.1, -0.05) is 37.5 Å². The molecule has 1 saturated heterocycles. The van der Waals surface area contributed by atoms with Crippen LogP contribution in [0.5, 0.6) is 0 Å². The molecule has 1 aliphatic heterocycles. The van der Waals surface area contributed by atoms with E-state index in [0.717, 1.165) is 35.1 Å². The number of aryl methyl sites for hydroxylation is 1. The van der Waals surface area contributed by atoms with Crippen LogP contribution in [0.4, 0.5) is 4.79 Å². The quantitative estimate of drug-likeness (QED) is 0.458. The number of nitrogens with zero attached hydrogens (tertiary/aromatic N) is 1. The van der Waals surface area contributed by atoms with Gasteiger partial charge in [0.05, 0.1) is 0 Å². The fourth-order valence-electron chi connectivity index (χ4n) is 4.34. The minimum atomic E-state index is -0.882. The van der Waals surface area contributed by atoms with E-state index in [1.165, 1.54) is 0 Å². The maximum atomic E-state index is 12.7. The summed E-state index contributed by atoms with van der Waals surface area (Å²) in [5.41, 5.74) is 1.12. The van der Waals surface area contributed by atoms with Crippen LogP contribution in [0.1, 0.15) is 48.2 Å². The Kier molecular flexibility index (Phi) is 4.86. The van der Waals surface area contributed by atoms with E-state index in [9.17, 15) is 19.2 Å². The van der Waals surface area contributed by atoms with Crippen LogP contribution >= 0.6 is 0 Å². The summed E-state index contributed by atoms with van der Waals surface area (Å²) in [6.07, 6.45) is 3.93. The Labute approximate surface area is 167 Å². The number of hydrogen-bond acceptors (Lipinski definition) is 5. The zero-order valence-corrected chi connectivity index (χ0v) is 16.2. The van der Waals surface area contributed by atoms with Gasteiger partial charge in [-0.15, -0.1) is 0 Å². The SMILES string of the molecule is Cc1[nH]c2ccccc2c1C(=O)COC(=O)CN1C(=O)NC2(CCCCC2)C1=O. The Morgan fingerprint density at radius 1 is 1.14 bits per heavy atom. The summed E-state index contributed by atoms with van der Waals surface area (Å²) < 4.78 is 5.09. The van der Waals surface area contributed by atoms with Crippen LogP contribution in [0, 0.1) is 6.92 Å². The van der Waals surface area contributed by atoms with Crippen LogP contribution in [-0.2, 0) is 14.3 Å². The first-order valence-electron chi connectivity index (χ1n) is 9.81. The van der Waals surface area contributed by atoms with E-state index in [1.807, 2.05) is 24.3 Å². The second-order valence-corrected chi connectivity index (χ2v) is 7.72. The molecule has 8 heteroatoms. The smallest absolute Gasteiger partial charge is 0.326 e. The average Bonchev–Trinajstić information content (AvgIpc) is 3.15. The number of Topliss-reactive ketones (excluding diaryl/α,β-unsaturated/α-hetero) is 1. The van der Waals surface area contributed by atoms with Gasteiger partial charge in [0.15, 0.2) is 6.61 Å². The third-order valence-corrected chi connectivity index (χ3v) is 5.78. The minimum Gasteiger partial charge on any atom is -0.456 e. The van der Waals surface area contributed by atoms with E-state index in [2.05, 4.69) is 10.3 Å². The van der Waals surface area contributed by atoms with Crippen LogP contribution in [0.3, 0.4) is 0 Å². The van der Waals surface area contributed by atoms with Crippen molar-refractivity contribution in [2.75, 3.05) is 13.2 Å². The highest BCUT2D eigenvalue weighted by molar-refractivity contribution is 6.11. The van der Waals surface area contributed by atoms with Crippen molar-refractivity contribution in [3.05, 3.63) is 35.5 Å². The van der Waals surface area contributed by atoms with Gasteiger partial charge >= 0.3 is 12.0 Å². The number of carbonyl (C=O) groups is 4. The van der Waals surface area contributed by atoms with Gasteiger partial charge in [0.25, 0.3) is 5.91 Å². The molecular formula is C21H23N3O5. The molecule has 1 aromatic carbocycles. The van der Waals surface area contributed by atoms with Gasteiger partial charge < -0.3 is 15.0 Å². The average molecular weight is 397 g/mol. The summed E-state index contributed by atoms with van der Waals surface area (Å²) >= 11 is 0. The molecule has 2 aromatic rings. The van der Waals surface area contributed by atoms with Crippen molar-refractivity contribution in [3.8, 4) is 0 Å². The Morgan fingerprint density at radius 2 is 1.86 bits per heavy atom. The van der Waals surface area contributed by atoms with E-state index < -0.39 is 30.7 Å². The molecular weight excluding hydrogens is 374 g/mol. The van der Waals surface area contributed by atoms with E-state index in [0.29, 0.717) is 24.1 Å². The third kappa shape index (κ3) is 3.39. The fourth-order valence-corrected chi connectivity index (χ4v) is 4.34. The number of H-pyrrole nitrogens is 1. The molecule has 152 valence electrons. The Hall–Kier alpha value is -3.16. The van der Waals surface area contributed by atoms with Crippen LogP contribution < -0.4 is 5.32 Å². The summed E-state index contributed by atoms with van der Waals surface area (Å²) in [6, 6.07) is 6.81. The Balaban J connectivity index is 1.39. The zero-order valence-electron chi connectivity index (χ0n) is 16.2. The molecule has 0 atom stereocenters. The molecule has 0 unspecified atom stereocenters. The molecule has 1 spiro atoms. The number of nitrogens with one attached hydrogen (secondary N) is 2. The fraction of sp³-hybridized carbons (Fsp3) is 0.429. The predicted molar refractivity (Wildman–Crippen MR) is 104 cm³/mol. The largest absolute Gasteiger partial charge is 0.456 e. The molecule has 1 saturated carbocycles. The molecule has 4 rings (SSSR count). The zero-order chi connectivity index (χ0) is 20.6. The number of para-hydroxylation sites is 1. The van der Waals surface area contributed by atoms with E-state index in [4.69, 9.17) is 4.74 Å². The van der Waals surface area contributed by atoms with Crippen molar-refractivity contribution in [2.45, 2.75) is 44.6 Å². The minimum absolute atomic E-state index is 0.339. The number of amides is 3. The highest BCUT2D eigenvalue weighted by atomic mass is 16.5. The lowest BCUT2D eigenvalue weighted by atomic mass is 9.82. The topological polar surface area (TPSA) is 109 Å². The van der Waals surface area contributed by atoms with E-state index in [-0.39, 0.29) is 11.7 Å². The maximum absolute atomic E-state index is 12.7. The monoisotopic (exact) mass is 397 g/mol. The maximum Gasteiger partial charge on any atom is 0.326 e. The van der Waals surface area contributed by atoms with Crippen molar-refractivity contribution >= 4 is 34.6 Å². The number of esters is 1. The molecule has 8 nitrogen and oxygen atoms in total. The van der Waals surface area contributed by atoms with Gasteiger partial charge in [-0.25, -0.2) is 4.79 Å². The Bertz CT molecular complexity index is 1000. The summed E-state index contributed by atoms with van der Waals surface area (Å²) in [4.78, 5) is 53.8. The van der Waals surface area contributed by atoms with Gasteiger partial charge in [0.2, 0.25) is 5.78 Å². The van der Waals surface area contributed by atoms with Gasteiger partial charge in [0.1, 0.15) is 12.1 Å². The molecule has 2 N–H and O–H groups in total. The summed E-state index contributed by atoms with van der Waals surface area (Å²) in [5.74, 6) is -1.50. The second-order valence-electron chi connectivity index (χ2n) is 7.72. The standard InChI is InChI=1S/C21H23N3O5/c1-13-18(14-7-3-4-8-15(14)22-13)16(25)12-29-17(26)11-24-19(27)21(23-20(24)28)9-5-2-6-10-21/h3-4,7-8,22H,2,5-6,9-12H2,1H3,(H,23,28). The number of fused-ring (bicyclic) bond motifs is 1. The molecule has 0 bridgehead atoms. The summed E-state index contributed by atoms with van der Waals surface area (Å²) in [7, 11) is 0. The number of benzene rings is 1. The summed E-state index contributed by atoms with van der Waals surface area (Å²) in [5, 5.41) is 3.51. The Morgan fingerprint density at radius 3 is 2.62 bits per heavy atom. The lowest BCUT2D eigenvalue weighted by molar-refractivity contribution is -0.147. The number of rotatable bonds is 5. The van der Waals surface area contributed by atoms with E-state index >= 15 is 0 Å². The van der Waals surface area contributed by atoms with Gasteiger partial charge in [0, 0.05) is 22.2 Å². The van der Waals surface area contributed by atoms with E-state index in [1.54, 1.807) is 6.92 Å². The lowest BCUT2D eigenvalue weighted by Crippen LogP contribution is -2.48. The first kappa shape index (κ1) is 19.2. The first-order valence-corrected chi connectivity index (χ1v) is 9.81. The highest BCUT2D eigenvalue weighted by Gasteiger charge is 2.51. The van der Waals surface area contributed by atoms with Gasteiger partial charge in [-0.05, 0) is 25.8 Å². The molecule has 1 aromatic heterocycles. The van der Waals surface area contributed by atoms with Gasteiger partial charge in [-0.2, -0.15) is 0 Å². The van der Waals surface area contributed by atoms with Crippen molar-refractivity contribution in [2.24, 2.45) is 0 Å². The molecule has 2 heterocycles. The number of aromatic amines is 1. The molecule has 3 amide bonds. The molecule has 29 heavy (non-hydrogen) atoms. The molecule has 1 aliphatic carbocycles. The number of ether oxygens (including phenoxy) is 1. The number of carbonyl (C=O) groups excluding carboxylic acids is 4. The number of aromatic nitrogens is 1. The summed E-state index contributed by atoms with van der Waals surface area (Å²) in [6.45, 7) is 0.842. The number of hydrogen-bond donors (Lipinski definition) is 2.